The lowest BCUT2D eigenvalue weighted by Crippen LogP contribution is -2.44. The first-order chi connectivity index (χ1) is 9.74. The zero-order valence-corrected chi connectivity index (χ0v) is 10.8. The minimum atomic E-state index is -0.488. The Hall–Kier alpha value is -2.41. The first-order valence-electron chi connectivity index (χ1n) is 6.38. The summed E-state index contributed by atoms with van der Waals surface area (Å²) >= 11 is 0. The molecule has 3 rings (SSSR count). The molecule has 0 saturated carbocycles. The number of likely N-dealkylation sites (tertiary alicyclic amines) is 1. The summed E-state index contributed by atoms with van der Waals surface area (Å²) in [5.41, 5.74) is 8.15. The van der Waals surface area contributed by atoms with E-state index in [0.29, 0.717) is 18.7 Å². The third-order valence-corrected chi connectivity index (χ3v) is 3.37. The number of primary amides is 1. The summed E-state index contributed by atoms with van der Waals surface area (Å²) in [5.74, 6) is 0.713. The molecule has 106 valence electrons. The molecule has 1 aromatic carbocycles. The van der Waals surface area contributed by atoms with Gasteiger partial charge in [0.25, 0.3) is 0 Å². The molecule has 20 heavy (non-hydrogen) atoms. The lowest BCUT2D eigenvalue weighted by molar-refractivity contribution is 0.0120. The van der Waals surface area contributed by atoms with Crippen LogP contribution >= 0.6 is 0 Å². The summed E-state index contributed by atoms with van der Waals surface area (Å²) in [5, 5.41) is 1.80. The van der Waals surface area contributed by atoms with Crippen molar-refractivity contribution in [3.8, 4) is 5.75 Å². The molecule has 2 aliphatic heterocycles. The zero-order valence-electron chi connectivity index (χ0n) is 10.8. The van der Waals surface area contributed by atoms with E-state index in [-0.39, 0.29) is 12.3 Å². The van der Waals surface area contributed by atoms with Crippen molar-refractivity contribution in [1.82, 2.24) is 15.5 Å². The number of benzene rings is 1. The summed E-state index contributed by atoms with van der Waals surface area (Å²) in [6, 6.07) is 8.94. The Morgan fingerprint density at radius 1 is 1.40 bits per heavy atom. The van der Waals surface area contributed by atoms with E-state index in [9.17, 15) is 4.79 Å². The molecule has 2 heterocycles. The van der Waals surface area contributed by atoms with Crippen molar-refractivity contribution in [3.05, 3.63) is 42.8 Å². The van der Waals surface area contributed by atoms with Crippen LogP contribution in [0.15, 0.2) is 42.8 Å². The average molecular weight is 276 g/mol. The van der Waals surface area contributed by atoms with Crippen molar-refractivity contribution < 1.29 is 14.4 Å². The van der Waals surface area contributed by atoms with Crippen LogP contribution in [0.25, 0.3) is 0 Å². The number of carbonyl (C=O) groups excluding carboxylic acids is 1. The smallest absolute Gasteiger partial charge is 0.317 e. The number of hydrogen-bond acceptors (Lipinski definition) is 5. The molecular formula is C13H16N4O3. The van der Waals surface area contributed by atoms with Gasteiger partial charge in [-0.2, -0.15) is 0 Å². The number of hydrogen-bond donors (Lipinski definition) is 2. The van der Waals surface area contributed by atoms with E-state index >= 15 is 0 Å². The van der Waals surface area contributed by atoms with Crippen molar-refractivity contribution >= 4 is 6.03 Å². The van der Waals surface area contributed by atoms with Gasteiger partial charge < -0.3 is 15.3 Å². The van der Waals surface area contributed by atoms with Crippen LogP contribution in [-0.2, 0) is 4.84 Å². The van der Waals surface area contributed by atoms with E-state index in [1.165, 1.54) is 4.90 Å². The van der Waals surface area contributed by atoms with Crippen LogP contribution < -0.4 is 16.1 Å². The van der Waals surface area contributed by atoms with E-state index in [1.54, 1.807) is 17.5 Å². The van der Waals surface area contributed by atoms with E-state index in [0.717, 1.165) is 0 Å². The van der Waals surface area contributed by atoms with Gasteiger partial charge in [0.2, 0.25) is 0 Å². The Morgan fingerprint density at radius 3 is 2.85 bits per heavy atom. The number of carbonyl (C=O) groups is 1. The molecule has 7 heteroatoms. The molecule has 2 unspecified atom stereocenters. The number of nitrogens with zero attached hydrogens (tertiary/aromatic N) is 2. The lowest BCUT2D eigenvalue weighted by Gasteiger charge is -2.23. The molecule has 0 aromatic heterocycles. The maximum absolute atomic E-state index is 11.5. The molecule has 0 aliphatic carbocycles. The number of ether oxygens (including phenoxy) is 1. The summed E-state index contributed by atoms with van der Waals surface area (Å²) in [6.45, 7) is 0.480. The van der Waals surface area contributed by atoms with Crippen molar-refractivity contribution in [1.29, 1.82) is 0 Å². The molecule has 0 bridgehead atoms. The van der Waals surface area contributed by atoms with E-state index in [2.05, 4.69) is 5.59 Å². The van der Waals surface area contributed by atoms with Gasteiger partial charge in [-0.25, -0.2) is 4.79 Å². The molecular weight excluding hydrogens is 260 g/mol. The predicted octanol–water partition coefficient (Wildman–Crippen LogP) is 0.767. The highest BCUT2D eigenvalue weighted by molar-refractivity contribution is 5.72. The molecule has 1 fully saturated rings. The van der Waals surface area contributed by atoms with Gasteiger partial charge in [0.05, 0.1) is 12.2 Å². The van der Waals surface area contributed by atoms with E-state index in [1.807, 2.05) is 30.3 Å². The van der Waals surface area contributed by atoms with E-state index in [4.69, 9.17) is 15.3 Å². The van der Waals surface area contributed by atoms with Gasteiger partial charge in [-0.1, -0.05) is 23.8 Å². The summed E-state index contributed by atoms with van der Waals surface area (Å²) in [6.07, 6.45) is 3.57. The number of hydrazine groups is 1. The highest BCUT2D eigenvalue weighted by Gasteiger charge is 2.39. The second-order valence-electron chi connectivity index (χ2n) is 4.67. The Labute approximate surface area is 116 Å². The monoisotopic (exact) mass is 276 g/mol. The highest BCUT2D eigenvalue weighted by Crippen LogP contribution is 2.25. The summed E-state index contributed by atoms with van der Waals surface area (Å²) in [7, 11) is 0. The number of para-hydroxylation sites is 1. The Bertz CT molecular complexity index is 508. The zero-order chi connectivity index (χ0) is 13.9. The van der Waals surface area contributed by atoms with Gasteiger partial charge in [-0.3, -0.25) is 9.91 Å². The summed E-state index contributed by atoms with van der Waals surface area (Å²) in [4.78, 5) is 18.0. The first kappa shape index (κ1) is 12.6. The number of rotatable bonds is 3. The fourth-order valence-corrected chi connectivity index (χ4v) is 2.39. The van der Waals surface area contributed by atoms with Crippen molar-refractivity contribution in [3.63, 3.8) is 0 Å². The quantitative estimate of drug-likeness (QED) is 0.852. The van der Waals surface area contributed by atoms with Gasteiger partial charge in [0, 0.05) is 13.0 Å². The Morgan fingerprint density at radius 2 is 2.20 bits per heavy atom. The van der Waals surface area contributed by atoms with Crippen molar-refractivity contribution in [2.75, 3.05) is 6.54 Å². The van der Waals surface area contributed by atoms with Gasteiger partial charge in [-0.15, -0.1) is 0 Å². The average Bonchev–Trinajstić information content (AvgIpc) is 3.08. The second-order valence-corrected chi connectivity index (χ2v) is 4.67. The maximum Gasteiger partial charge on any atom is 0.317 e. The second kappa shape index (κ2) is 5.30. The van der Waals surface area contributed by atoms with Crippen LogP contribution in [0.5, 0.6) is 5.75 Å². The Balaban J connectivity index is 1.71. The van der Waals surface area contributed by atoms with Crippen molar-refractivity contribution in [2.24, 2.45) is 5.73 Å². The number of amides is 2. The van der Waals surface area contributed by atoms with Gasteiger partial charge in [-0.05, 0) is 12.1 Å². The third-order valence-electron chi connectivity index (χ3n) is 3.37. The number of nitrogens with two attached hydrogens (primary N) is 1. The standard InChI is InChI=1S/C13H16N4O3/c14-13(18)16-9-10(17-6-7-19-15-17)8-12(16)20-11-4-2-1-3-5-11/h1-7,10,12,15H,8-9H2,(H2,14,18). The van der Waals surface area contributed by atoms with Crippen LogP contribution in [-0.4, -0.2) is 34.8 Å². The fourth-order valence-electron chi connectivity index (χ4n) is 2.39. The van der Waals surface area contributed by atoms with Gasteiger partial charge in [0.1, 0.15) is 12.0 Å². The molecule has 2 atom stereocenters. The van der Waals surface area contributed by atoms with Gasteiger partial charge >= 0.3 is 6.03 Å². The van der Waals surface area contributed by atoms with Crippen molar-refractivity contribution in [2.45, 2.75) is 18.7 Å². The predicted molar refractivity (Wildman–Crippen MR) is 70.8 cm³/mol. The minimum absolute atomic E-state index is 0.0509. The van der Waals surface area contributed by atoms with Crippen LogP contribution in [0.1, 0.15) is 6.42 Å². The number of urea groups is 1. The third kappa shape index (κ3) is 2.48. The fraction of sp³-hybridized carbons (Fsp3) is 0.308. The molecule has 2 aliphatic rings. The topological polar surface area (TPSA) is 80.1 Å². The summed E-state index contributed by atoms with van der Waals surface area (Å²) < 4.78 is 5.84. The van der Waals surface area contributed by atoms with Crippen LogP contribution in [0, 0.1) is 0 Å². The first-order valence-corrected chi connectivity index (χ1v) is 6.38. The Kier molecular flexibility index (Phi) is 3.34. The van der Waals surface area contributed by atoms with Crippen LogP contribution in [0.4, 0.5) is 4.79 Å². The van der Waals surface area contributed by atoms with Crippen LogP contribution in [0.3, 0.4) is 0 Å². The highest BCUT2D eigenvalue weighted by atomic mass is 16.7. The molecule has 3 N–H and O–H groups in total. The lowest BCUT2D eigenvalue weighted by atomic mass is 10.2. The maximum atomic E-state index is 11.5. The molecule has 7 nitrogen and oxygen atoms in total. The normalized spacial score (nSPS) is 24.8. The molecule has 0 radical (unpaired) electrons. The SMILES string of the molecule is NC(=O)N1CC(N2C=CON2)CC1Oc1ccccc1. The minimum Gasteiger partial charge on any atom is -0.470 e. The largest absolute Gasteiger partial charge is 0.470 e. The number of nitrogens with one attached hydrogen (secondary N) is 1. The van der Waals surface area contributed by atoms with Gasteiger partial charge in [0.15, 0.2) is 6.23 Å². The molecule has 1 saturated heterocycles. The van der Waals surface area contributed by atoms with Crippen LogP contribution in [0.2, 0.25) is 0 Å². The molecule has 0 spiro atoms. The molecule has 2 amide bonds. The molecule has 1 aromatic rings. The van der Waals surface area contributed by atoms with E-state index < -0.39 is 6.03 Å².